The molecule has 0 radical (unpaired) electrons. The van der Waals surface area contributed by atoms with E-state index in [1.807, 2.05) is 17.8 Å². The summed E-state index contributed by atoms with van der Waals surface area (Å²) in [5, 5.41) is 18.5. The molecule has 0 N–H and O–H groups in total. The molecule has 45 heavy (non-hydrogen) atoms. The fourth-order valence-electron chi connectivity index (χ4n) is 2.40. The Balaban J connectivity index is 0. The molecule has 262 valence electrons. The van der Waals surface area contributed by atoms with Gasteiger partial charge in [0.15, 0.2) is 0 Å². The topological polar surface area (TPSA) is 97.9 Å². The van der Waals surface area contributed by atoms with Crippen molar-refractivity contribution in [3.63, 3.8) is 0 Å². The van der Waals surface area contributed by atoms with Gasteiger partial charge in [0.05, 0.1) is 26.7 Å². The van der Waals surface area contributed by atoms with Gasteiger partial charge in [-0.3, -0.25) is 0 Å². The van der Waals surface area contributed by atoms with E-state index in [0.717, 1.165) is 19.6 Å². The number of nitrogens with zero attached hydrogens (tertiary/aromatic N) is 4. The molecule has 22 heteroatoms. The van der Waals surface area contributed by atoms with Gasteiger partial charge in [-0.2, -0.15) is 61.5 Å². The Kier molecular flexibility index (Phi) is 16.1. The van der Waals surface area contributed by atoms with E-state index in [1.54, 1.807) is 0 Å². The number of rotatable bonds is 9. The number of carboxylic acid groups (broad SMARTS) is 2. The summed E-state index contributed by atoms with van der Waals surface area (Å²) >= 11 is 0. The molecule has 8 nitrogen and oxygen atoms in total. The maximum atomic E-state index is 11.7. The van der Waals surface area contributed by atoms with Gasteiger partial charge in [-0.1, -0.05) is 13.3 Å². The zero-order chi connectivity index (χ0) is 36.2. The van der Waals surface area contributed by atoms with Crippen molar-refractivity contribution >= 4 is 11.9 Å². The Morgan fingerprint density at radius 2 is 1.00 bits per heavy atom. The van der Waals surface area contributed by atoms with E-state index >= 15 is 0 Å². The van der Waals surface area contributed by atoms with Crippen molar-refractivity contribution < 1.29 is 90.4 Å². The van der Waals surface area contributed by atoms with Crippen molar-refractivity contribution in [2.24, 2.45) is 7.05 Å². The molecule has 0 saturated carbocycles. The molecule has 0 saturated heterocycles. The maximum absolute atomic E-state index is 11.7. The molecule has 0 aliphatic carbocycles. The van der Waals surface area contributed by atoms with Gasteiger partial charge in [-0.15, -0.1) is 0 Å². The summed E-state index contributed by atoms with van der Waals surface area (Å²) in [7, 11) is 2.02. The summed E-state index contributed by atoms with van der Waals surface area (Å²) in [6.45, 7) is 9.78. The van der Waals surface area contributed by atoms with Gasteiger partial charge in [0.2, 0.25) is 12.7 Å². The van der Waals surface area contributed by atoms with E-state index in [2.05, 4.69) is 65.7 Å². The van der Waals surface area contributed by atoms with Crippen LogP contribution < -0.4 is 19.3 Å². The molecule has 2 aromatic rings. The molecular weight excluding hydrogens is 662 g/mol. The zero-order valence-corrected chi connectivity index (χ0v) is 23.7. The van der Waals surface area contributed by atoms with Gasteiger partial charge in [0.1, 0.15) is 36.7 Å². The molecule has 0 amide bonds. The van der Waals surface area contributed by atoms with Gasteiger partial charge >= 0.3 is 36.0 Å². The second kappa shape index (κ2) is 16.6. The number of aryl methyl sites for hydroxylation is 4. The lowest BCUT2D eigenvalue weighted by molar-refractivity contribution is -0.696. The average molecular weight is 690 g/mol. The Morgan fingerprint density at radius 1 is 0.644 bits per heavy atom. The summed E-state index contributed by atoms with van der Waals surface area (Å²) in [6.07, 6.45) is 1.82. The predicted octanol–water partition coefficient (Wildman–Crippen LogP) is 3.07. The molecule has 0 fully saturated rings. The fourth-order valence-corrected chi connectivity index (χ4v) is 2.40. The van der Waals surface area contributed by atoms with Crippen LogP contribution in [0.4, 0.5) is 61.5 Å². The molecule has 2 heterocycles. The van der Waals surface area contributed by atoms with Crippen molar-refractivity contribution in [2.75, 3.05) is 0 Å². The van der Waals surface area contributed by atoms with Crippen LogP contribution in [0, 0.1) is 0 Å². The molecular formula is C23H28F14N4O4. The van der Waals surface area contributed by atoms with Crippen LogP contribution in [0.25, 0.3) is 0 Å². The number of hydrogen-bond acceptors (Lipinski definition) is 4. The van der Waals surface area contributed by atoms with E-state index in [4.69, 9.17) is 0 Å². The van der Waals surface area contributed by atoms with Gasteiger partial charge in [0.25, 0.3) is 0 Å². The maximum Gasteiger partial charge on any atom is 0.460 e. The number of carboxylic acids is 2. The fraction of sp³-hybridized carbons (Fsp3) is 0.652. The Bertz CT molecular complexity index is 1140. The first-order valence-electron chi connectivity index (χ1n) is 12.2. The molecule has 2 aromatic heterocycles. The van der Waals surface area contributed by atoms with Gasteiger partial charge < -0.3 is 19.8 Å². The van der Waals surface area contributed by atoms with Gasteiger partial charge in [-0.05, 0) is 20.3 Å². The second-order valence-electron chi connectivity index (χ2n) is 8.61. The number of unbranched alkanes of at least 4 members (excludes halogenated alkanes) is 1. The second-order valence-corrected chi connectivity index (χ2v) is 8.61. The molecule has 0 aliphatic heterocycles. The third-order valence-electron chi connectivity index (χ3n) is 5.08. The summed E-state index contributed by atoms with van der Waals surface area (Å²) in [5.41, 5.74) is 0. The van der Waals surface area contributed by atoms with Crippen LogP contribution in [-0.4, -0.2) is 57.1 Å². The largest absolute Gasteiger partial charge is 0.544 e. The van der Waals surface area contributed by atoms with Crippen molar-refractivity contribution in [2.45, 2.75) is 89.3 Å². The van der Waals surface area contributed by atoms with E-state index in [9.17, 15) is 81.3 Å². The summed E-state index contributed by atoms with van der Waals surface area (Å²) in [6, 6.07) is 0. The SMILES string of the molecule is CCCC[n+]1ccn(CC)c1.CCn1cc[n+](C)c1.O=C([O-])C(F)(F)C(F)(F)C(F)(F)F.O=C([O-])C(F)(F)C(F)(F)C(F)(F)F. The van der Waals surface area contributed by atoms with E-state index < -0.39 is 48.0 Å². The van der Waals surface area contributed by atoms with Crippen LogP contribution in [0.1, 0.15) is 33.6 Å². The minimum absolute atomic E-state index is 1.06. The van der Waals surface area contributed by atoms with Crippen LogP contribution in [-0.2, 0) is 36.3 Å². The van der Waals surface area contributed by atoms with E-state index in [-0.39, 0.29) is 0 Å². The third-order valence-corrected chi connectivity index (χ3v) is 5.08. The molecule has 0 aliphatic rings. The van der Waals surface area contributed by atoms with E-state index in [1.165, 1.54) is 12.8 Å². The molecule has 0 atom stereocenters. The number of aliphatic carboxylic acids is 2. The van der Waals surface area contributed by atoms with E-state index in [0.29, 0.717) is 0 Å². The average Bonchev–Trinajstić information content (AvgIpc) is 3.55. The first-order valence-corrected chi connectivity index (χ1v) is 12.2. The molecule has 0 aromatic carbocycles. The molecule has 0 spiro atoms. The molecule has 2 rings (SSSR count). The lowest BCUT2D eigenvalue weighted by atomic mass is 10.1. The smallest absolute Gasteiger partial charge is 0.460 e. The van der Waals surface area contributed by atoms with Gasteiger partial charge in [-0.25, -0.2) is 18.3 Å². The normalized spacial score (nSPS) is 12.6. The highest BCUT2D eigenvalue weighted by atomic mass is 19.4. The minimum Gasteiger partial charge on any atom is -0.544 e. The predicted molar refractivity (Wildman–Crippen MR) is 118 cm³/mol. The number of aromatic nitrogens is 4. The Hall–Kier alpha value is -3.62. The standard InChI is InChI=1S/C9H17N2.C6H11N2.2C4HF7O2/c1-3-5-6-11-8-7-10(4-2)9-11;1-3-8-5-4-7(2)6-8;2*5-2(6,1(12)13)3(7,8)4(9,10)11/h7-9H,3-6H2,1-2H3;4-6H,3H2,1-2H3;2*(H,12,13)/q2*+1;;/p-2. The van der Waals surface area contributed by atoms with Crippen molar-refractivity contribution in [1.29, 1.82) is 0 Å². The van der Waals surface area contributed by atoms with Crippen molar-refractivity contribution in [1.82, 2.24) is 9.13 Å². The highest BCUT2D eigenvalue weighted by molar-refractivity contribution is 5.75. The number of imidazole rings is 2. The Labute approximate surface area is 246 Å². The highest BCUT2D eigenvalue weighted by Crippen LogP contribution is 2.47. The lowest BCUT2D eigenvalue weighted by Crippen LogP contribution is -2.60. The number of halogens is 14. The van der Waals surface area contributed by atoms with Gasteiger partial charge in [0, 0.05) is 0 Å². The number of carbonyl (C=O) groups excluding carboxylic acids is 2. The zero-order valence-electron chi connectivity index (χ0n) is 23.7. The van der Waals surface area contributed by atoms with Crippen LogP contribution in [0.3, 0.4) is 0 Å². The van der Waals surface area contributed by atoms with Crippen molar-refractivity contribution in [3.8, 4) is 0 Å². The third kappa shape index (κ3) is 12.0. The number of alkyl halides is 14. The molecule has 0 bridgehead atoms. The molecule has 0 unspecified atom stereocenters. The summed E-state index contributed by atoms with van der Waals surface area (Å²) in [4.78, 5) is 18.5. The van der Waals surface area contributed by atoms with Crippen LogP contribution >= 0.6 is 0 Å². The monoisotopic (exact) mass is 690 g/mol. The van der Waals surface area contributed by atoms with Crippen LogP contribution in [0.15, 0.2) is 37.4 Å². The Morgan fingerprint density at radius 3 is 1.20 bits per heavy atom. The minimum atomic E-state index is -6.64. The van der Waals surface area contributed by atoms with Crippen LogP contribution in [0.5, 0.6) is 0 Å². The first kappa shape index (κ1) is 43.5. The first-order chi connectivity index (χ1) is 20.1. The summed E-state index contributed by atoms with van der Waals surface area (Å²) < 4.78 is 169. The van der Waals surface area contributed by atoms with Crippen molar-refractivity contribution in [3.05, 3.63) is 37.4 Å². The lowest BCUT2D eigenvalue weighted by Gasteiger charge is -2.28. The quantitative estimate of drug-likeness (QED) is 0.299. The van der Waals surface area contributed by atoms with Crippen LogP contribution in [0.2, 0.25) is 0 Å². The highest BCUT2D eigenvalue weighted by Gasteiger charge is 2.74. The number of carbonyl (C=O) groups is 2. The summed E-state index contributed by atoms with van der Waals surface area (Å²) in [5.74, 6) is -33.4. The number of hydrogen-bond donors (Lipinski definition) is 0.